The van der Waals surface area contributed by atoms with Crippen molar-refractivity contribution in [3.8, 4) is 5.75 Å². The van der Waals surface area contributed by atoms with Gasteiger partial charge in [-0.15, -0.1) is 12.1 Å². The lowest BCUT2D eigenvalue weighted by Crippen LogP contribution is -2.59. The topological polar surface area (TPSA) is 128 Å². The van der Waals surface area contributed by atoms with Gasteiger partial charge in [0.2, 0.25) is 11.8 Å². The minimum absolute atomic E-state index is 0.0695. The van der Waals surface area contributed by atoms with Gasteiger partial charge in [-0.2, -0.15) is 0 Å². The molecule has 2 heterocycles. The molecule has 2 saturated heterocycles. The molecule has 2 aliphatic heterocycles. The van der Waals surface area contributed by atoms with E-state index in [1.165, 1.54) is 0 Å². The van der Waals surface area contributed by atoms with E-state index in [4.69, 9.17) is 23.1 Å². The summed E-state index contributed by atoms with van der Waals surface area (Å²) in [6, 6.07) is 18.4. The summed E-state index contributed by atoms with van der Waals surface area (Å²) in [5, 5.41) is 5.70. The maximum atomic E-state index is 13.3. The Morgan fingerprint density at radius 2 is 1.67 bits per heavy atom. The van der Waals surface area contributed by atoms with Crippen LogP contribution in [0.5, 0.6) is 5.75 Å². The van der Waals surface area contributed by atoms with E-state index in [0.717, 1.165) is 41.8 Å². The van der Waals surface area contributed by atoms with Gasteiger partial charge in [-0.3, -0.25) is 14.5 Å². The van der Waals surface area contributed by atoms with Crippen LogP contribution in [-0.2, 0) is 41.1 Å². The van der Waals surface area contributed by atoms with Crippen LogP contribution in [0.25, 0.3) is 0 Å². The van der Waals surface area contributed by atoms with Crippen LogP contribution in [-0.4, -0.2) is 108 Å². The van der Waals surface area contributed by atoms with Crippen LogP contribution in [0.2, 0.25) is 12.1 Å². The van der Waals surface area contributed by atoms with Crippen molar-refractivity contribution in [3.05, 3.63) is 65.7 Å². The predicted octanol–water partition coefficient (Wildman–Crippen LogP) is 3.83. The number of hydrogen-bond acceptors (Lipinski definition) is 9. The van der Waals surface area contributed by atoms with Crippen molar-refractivity contribution >= 4 is 26.5 Å². The highest BCUT2D eigenvalue weighted by molar-refractivity contribution is 6.67. The van der Waals surface area contributed by atoms with Gasteiger partial charge in [0.15, 0.2) is 0 Å². The SMILES string of the molecule is CC[Si-](CC)(OCC1CN(C(=O)CCNC(=O)OCc2ccccc2)CCN1CC(=O)NCc1ccc(OC)cc1)OC1CCOCC1. The Bertz CT molecular complexity index is 1280. The van der Waals surface area contributed by atoms with Crippen LogP contribution in [0.1, 0.15) is 44.2 Å². The summed E-state index contributed by atoms with van der Waals surface area (Å²) in [6.07, 6.45) is 1.43. The number of piperazine rings is 1. The van der Waals surface area contributed by atoms with Crippen LogP contribution in [0.3, 0.4) is 0 Å². The standard InChI is InChI=1S/C35H52N4O8Si/c1-4-48(5-2,47-32-16-21-44-22-17-32)46-27-30-24-39(34(41)15-18-36-35(42)45-26-29-9-7-6-8-10-29)20-19-38(30)25-33(40)37-23-28-11-13-31(43-3)14-12-28/h6-14,30,32H,4-5,15-27H2,1-3H3,(H,36,42)(H,37,40)/q-1. The highest BCUT2D eigenvalue weighted by Gasteiger charge is 2.33. The van der Waals surface area contributed by atoms with Gasteiger partial charge in [-0.05, 0) is 36.1 Å². The first-order chi connectivity index (χ1) is 23.3. The molecule has 2 N–H and O–H groups in total. The number of nitrogens with one attached hydrogen (secondary N) is 2. The predicted molar refractivity (Wildman–Crippen MR) is 184 cm³/mol. The van der Waals surface area contributed by atoms with Gasteiger partial charge < -0.3 is 38.6 Å². The number of carbonyl (C=O) groups excluding carboxylic acids is 3. The lowest BCUT2D eigenvalue weighted by atomic mass is 10.1. The van der Waals surface area contributed by atoms with Crippen LogP contribution < -0.4 is 15.4 Å². The molecule has 0 aliphatic carbocycles. The van der Waals surface area contributed by atoms with Gasteiger partial charge in [-0.1, -0.05) is 56.3 Å². The number of hydrogen-bond donors (Lipinski definition) is 2. The highest BCUT2D eigenvalue weighted by atomic mass is 28.4. The molecular formula is C35H52N4O8Si-. The molecule has 0 spiro atoms. The lowest BCUT2D eigenvalue weighted by molar-refractivity contribution is -0.135. The van der Waals surface area contributed by atoms with E-state index in [0.29, 0.717) is 46.0 Å². The second kappa shape index (κ2) is 19.5. The number of alkyl carbamates (subject to hydrolysis) is 1. The maximum absolute atomic E-state index is 13.3. The van der Waals surface area contributed by atoms with Gasteiger partial charge in [0.1, 0.15) is 20.9 Å². The molecule has 2 fully saturated rings. The van der Waals surface area contributed by atoms with Crippen molar-refractivity contribution in [1.82, 2.24) is 20.4 Å². The van der Waals surface area contributed by atoms with E-state index in [1.54, 1.807) is 12.0 Å². The largest absolute Gasteiger partial charge is 0.544 e. The molecule has 0 bridgehead atoms. The zero-order chi connectivity index (χ0) is 34.2. The van der Waals surface area contributed by atoms with Crippen molar-refractivity contribution in [3.63, 3.8) is 0 Å². The molecule has 13 heteroatoms. The molecule has 4 rings (SSSR count). The summed E-state index contributed by atoms with van der Waals surface area (Å²) in [4.78, 5) is 42.5. The van der Waals surface area contributed by atoms with Crippen molar-refractivity contribution in [2.75, 3.05) is 59.7 Å². The fraction of sp³-hybridized carbons (Fsp3) is 0.571. The molecule has 0 saturated carbocycles. The monoisotopic (exact) mass is 684 g/mol. The number of methoxy groups -OCH3 is 1. The van der Waals surface area contributed by atoms with Crippen molar-refractivity contribution in [2.24, 2.45) is 0 Å². The van der Waals surface area contributed by atoms with Crippen LogP contribution in [0.15, 0.2) is 54.6 Å². The number of benzene rings is 2. The van der Waals surface area contributed by atoms with Crippen molar-refractivity contribution in [1.29, 1.82) is 0 Å². The molecular weight excluding hydrogens is 632 g/mol. The molecule has 2 aromatic carbocycles. The Balaban J connectivity index is 1.32. The van der Waals surface area contributed by atoms with Gasteiger partial charge in [0, 0.05) is 71.1 Å². The van der Waals surface area contributed by atoms with E-state index in [9.17, 15) is 14.4 Å². The van der Waals surface area contributed by atoms with Crippen LogP contribution in [0.4, 0.5) is 4.79 Å². The number of carbonyl (C=O) groups is 3. The smallest absolute Gasteiger partial charge is 0.407 e. The van der Waals surface area contributed by atoms with E-state index >= 15 is 0 Å². The zero-order valence-electron chi connectivity index (χ0n) is 28.6. The summed E-state index contributed by atoms with van der Waals surface area (Å²) in [5.74, 6) is 0.598. The average Bonchev–Trinajstić information content (AvgIpc) is 3.13. The second-order valence-electron chi connectivity index (χ2n) is 12.2. The fourth-order valence-corrected chi connectivity index (χ4v) is 8.52. The Hall–Kier alpha value is -3.49. The van der Waals surface area contributed by atoms with Crippen LogP contribution >= 0.6 is 0 Å². The first-order valence-electron chi connectivity index (χ1n) is 17.1. The Kier molecular flexibility index (Phi) is 15.2. The fourth-order valence-electron chi connectivity index (χ4n) is 5.87. The number of rotatable bonds is 17. The summed E-state index contributed by atoms with van der Waals surface area (Å²) in [6.45, 7) is 8.33. The Morgan fingerprint density at radius 1 is 0.938 bits per heavy atom. The zero-order valence-corrected chi connectivity index (χ0v) is 29.6. The van der Waals surface area contributed by atoms with E-state index < -0.39 is 14.7 Å². The van der Waals surface area contributed by atoms with Gasteiger partial charge in [-0.25, -0.2) is 4.79 Å². The molecule has 3 amide bonds. The molecule has 1 atom stereocenters. The summed E-state index contributed by atoms with van der Waals surface area (Å²) in [5.41, 5.74) is 1.87. The third kappa shape index (κ3) is 11.9. The average molecular weight is 685 g/mol. The molecule has 265 valence electrons. The number of amides is 3. The molecule has 0 aromatic heterocycles. The van der Waals surface area contributed by atoms with E-state index in [-0.39, 0.29) is 50.1 Å². The molecule has 2 aliphatic rings. The molecule has 0 radical (unpaired) electrons. The van der Waals surface area contributed by atoms with E-state index in [2.05, 4.69) is 29.4 Å². The maximum Gasteiger partial charge on any atom is 0.407 e. The number of nitrogens with zero attached hydrogens (tertiary/aromatic N) is 2. The van der Waals surface area contributed by atoms with E-state index in [1.807, 2.05) is 54.6 Å². The summed E-state index contributed by atoms with van der Waals surface area (Å²) < 4.78 is 29.4. The molecule has 48 heavy (non-hydrogen) atoms. The lowest BCUT2D eigenvalue weighted by Gasteiger charge is -2.49. The second-order valence-corrected chi connectivity index (χ2v) is 15.9. The Morgan fingerprint density at radius 3 is 2.35 bits per heavy atom. The Labute approximate surface area is 285 Å². The van der Waals surface area contributed by atoms with Gasteiger partial charge in [0.25, 0.3) is 0 Å². The summed E-state index contributed by atoms with van der Waals surface area (Å²) in [7, 11) is -0.904. The third-order valence-electron chi connectivity index (χ3n) is 8.94. The number of ether oxygens (including phenoxy) is 3. The van der Waals surface area contributed by atoms with Gasteiger partial charge >= 0.3 is 6.09 Å². The highest BCUT2D eigenvalue weighted by Crippen LogP contribution is 2.26. The quantitative estimate of drug-likeness (QED) is 0.239. The minimum Gasteiger partial charge on any atom is -0.544 e. The minimum atomic E-state index is -2.52. The first-order valence-corrected chi connectivity index (χ1v) is 19.3. The van der Waals surface area contributed by atoms with Crippen molar-refractivity contribution < 1.29 is 37.4 Å². The molecule has 1 unspecified atom stereocenters. The first kappa shape index (κ1) is 37.3. The van der Waals surface area contributed by atoms with Gasteiger partial charge in [0.05, 0.1) is 13.7 Å². The normalized spacial score (nSPS) is 17.5. The summed E-state index contributed by atoms with van der Waals surface area (Å²) >= 11 is 0. The molecule has 2 aromatic rings. The third-order valence-corrected chi connectivity index (χ3v) is 12.6. The van der Waals surface area contributed by atoms with Crippen LogP contribution in [0, 0.1) is 0 Å². The molecule has 12 nitrogen and oxygen atoms in total. The van der Waals surface area contributed by atoms with Crippen molar-refractivity contribution in [2.45, 2.75) is 70.5 Å².